The number of hydrogen-bond acceptors (Lipinski definition) is 1. The molecule has 0 atom stereocenters. The van der Waals surface area contributed by atoms with Gasteiger partial charge < -0.3 is 0 Å². The van der Waals surface area contributed by atoms with E-state index in [2.05, 4.69) is 30.4 Å². The van der Waals surface area contributed by atoms with E-state index in [1.807, 2.05) is 18.2 Å². The van der Waals surface area contributed by atoms with Crippen molar-refractivity contribution in [2.24, 2.45) is 0 Å². The monoisotopic (exact) mass is 226 g/mol. The number of carbonyl (C=O) groups excluding carboxylic acids is 1. The molecular weight excluding hydrogens is 208 g/mol. The van der Waals surface area contributed by atoms with Gasteiger partial charge >= 0.3 is 0 Å². The third-order valence-corrected chi connectivity index (χ3v) is 3.04. The fraction of sp³-hybridized carbons (Fsp3) is 0.312. The molecule has 17 heavy (non-hydrogen) atoms. The molecule has 0 N–H and O–H groups in total. The van der Waals surface area contributed by atoms with Gasteiger partial charge in [0, 0.05) is 12.8 Å². The summed E-state index contributed by atoms with van der Waals surface area (Å²) in [4.78, 5) is 11.3. The van der Waals surface area contributed by atoms with Gasteiger partial charge in [0.05, 0.1) is 0 Å². The molecule has 1 aromatic rings. The molecule has 0 bridgehead atoms. The summed E-state index contributed by atoms with van der Waals surface area (Å²) < 4.78 is 0. The molecule has 0 saturated carbocycles. The van der Waals surface area contributed by atoms with Crippen molar-refractivity contribution in [2.45, 2.75) is 32.1 Å². The Bertz CT molecular complexity index is 426. The molecule has 0 amide bonds. The zero-order chi connectivity index (χ0) is 11.9. The molecule has 1 aliphatic carbocycles. The van der Waals surface area contributed by atoms with Crippen LogP contribution in [-0.4, -0.2) is 5.78 Å². The quantitative estimate of drug-likeness (QED) is 0.740. The number of ketones is 1. The SMILES string of the molecule is O=C1CC/C=C(/C=C/c2ccccc2)CCC1. The number of Topliss-reactive ketones (excluding diaryl/α,β-unsaturated/α-hetero) is 1. The van der Waals surface area contributed by atoms with Crippen molar-refractivity contribution in [1.82, 2.24) is 0 Å². The van der Waals surface area contributed by atoms with Crippen molar-refractivity contribution >= 4 is 11.9 Å². The second kappa shape index (κ2) is 6.19. The first-order valence-electron chi connectivity index (χ1n) is 6.28. The van der Waals surface area contributed by atoms with Gasteiger partial charge in [-0.3, -0.25) is 4.79 Å². The Morgan fingerprint density at radius 3 is 2.59 bits per heavy atom. The molecule has 0 fully saturated rings. The summed E-state index contributed by atoms with van der Waals surface area (Å²) >= 11 is 0. The van der Waals surface area contributed by atoms with Crippen molar-refractivity contribution in [1.29, 1.82) is 0 Å². The van der Waals surface area contributed by atoms with E-state index in [0.717, 1.165) is 25.7 Å². The molecule has 2 rings (SSSR count). The van der Waals surface area contributed by atoms with Gasteiger partial charge in [-0.1, -0.05) is 54.1 Å². The van der Waals surface area contributed by atoms with E-state index in [1.54, 1.807) is 0 Å². The maximum absolute atomic E-state index is 11.3. The van der Waals surface area contributed by atoms with Gasteiger partial charge in [-0.25, -0.2) is 0 Å². The Hall–Kier alpha value is -1.63. The molecule has 1 heteroatoms. The van der Waals surface area contributed by atoms with E-state index >= 15 is 0 Å². The van der Waals surface area contributed by atoms with Gasteiger partial charge in [0.2, 0.25) is 0 Å². The third-order valence-electron chi connectivity index (χ3n) is 3.04. The van der Waals surface area contributed by atoms with Gasteiger partial charge in [-0.05, 0) is 24.8 Å². The van der Waals surface area contributed by atoms with Crippen molar-refractivity contribution in [3.05, 3.63) is 53.6 Å². The van der Waals surface area contributed by atoms with E-state index < -0.39 is 0 Å². The lowest BCUT2D eigenvalue weighted by molar-refractivity contribution is -0.119. The predicted octanol–water partition coefficient (Wildman–Crippen LogP) is 4.16. The lowest BCUT2D eigenvalue weighted by atomic mass is 9.98. The molecule has 1 nitrogen and oxygen atoms in total. The average molecular weight is 226 g/mol. The van der Waals surface area contributed by atoms with E-state index in [9.17, 15) is 4.79 Å². The summed E-state index contributed by atoms with van der Waals surface area (Å²) in [5, 5.41) is 0. The predicted molar refractivity (Wildman–Crippen MR) is 71.7 cm³/mol. The highest BCUT2D eigenvalue weighted by Crippen LogP contribution is 2.17. The van der Waals surface area contributed by atoms with E-state index in [0.29, 0.717) is 12.2 Å². The minimum absolute atomic E-state index is 0.410. The van der Waals surface area contributed by atoms with Gasteiger partial charge in [-0.2, -0.15) is 0 Å². The van der Waals surface area contributed by atoms with Crippen LogP contribution in [0.5, 0.6) is 0 Å². The molecule has 0 aliphatic heterocycles. The molecular formula is C16H18O. The van der Waals surface area contributed by atoms with Crippen LogP contribution in [-0.2, 0) is 4.79 Å². The fourth-order valence-corrected chi connectivity index (χ4v) is 2.05. The molecule has 0 radical (unpaired) electrons. The van der Waals surface area contributed by atoms with Gasteiger partial charge in [0.1, 0.15) is 5.78 Å². The van der Waals surface area contributed by atoms with Crippen LogP contribution in [0.2, 0.25) is 0 Å². The first-order valence-corrected chi connectivity index (χ1v) is 6.28. The second-order valence-electron chi connectivity index (χ2n) is 4.45. The van der Waals surface area contributed by atoms with Crippen LogP contribution in [0.15, 0.2) is 48.1 Å². The summed E-state index contributed by atoms with van der Waals surface area (Å²) in [5.41, 5.74) is 2.59. The zero-order valence-corrected chi connectivity index (χ0v) is 10.1. The Morgan fingerprint density at radius 2 is 1.76 bits per heavy atom. The molecule has 0 unspecified atom stereocenters. The number of rotatable bonds is 2. The van der Waals surface area contributed by atoms with Crippen LogP contribution in [0.25, 0.3) is 6.08 Å². The number of allylic oxidation sites excluding steroid dienone is 3. The summed E-state index contributed by atoms with van der Waals surface area (Å²) in [6.45, 7) is 0. The Labute approximate surface area is 103 Å². The average Bonchev–Trinajstić information content (AvgIpc) is 2.33. The van der Waals surface area contributed by atoms with Crippen LogP contribution < -0.4 is 0 Å². The summed E-state index contributed by atoms with van der Waals surface area (Å²) in [6.07, 6.45) is 10.9. The first-order chi connectivity index (χ1) is 8.34. The second-order valence-corrected chi connectivity index (χ2v) is 4.45. The molecule has 0 spiro atoms. The van der Waals surface area contributed by atoms with Crippen LogP contribution in [0.4, 0.5) is 0 Å². The first kappa shape index (κ1) is 11.8. The van der Waals surface area contributed by atoms with Crippen LogP contribution in [0.3, 0.4) is 0 Å². The van der Waals surface area contributed by atoms with Crippen molar-refractivity contribution in [3.8, 4) is 0 Å². The van der Waals surface area contributed by atoms with Crippen molar-refractivity contribution < 1.29 is 4.79 Å². The summed E-state index contributed by atoms with van der Waals surface area (Å²) in [6, 6.07) is 10.3. The van der Waals surface area contributed by atoms with Crippen molar-refractivity contribution in [2.75, 3.05) is 0 Å². The Kier molecular flexibility index (Phi) is 4.31. The largest absolute Gasteiger partial charge is 0.300 e. The highest BCUT2D eigenvalue weighted by molar-refractivity contribution is 5.78. The third kappa shape index (κ3) is 4.03. The number of hydrogen-bond donors (Lipinski definition) is 0. The molecule has 0 aromatic heterocycles. The van der Waals surface area contributed by atoms with E-state index in [4.69, 9.17) is 0 Å². The smallest absolute Gasteiger partial charge is 0.133 e. The fourth-order valence-electron chi connectivity index (χ4n) is 2.05. The van der Waals surface area contributed by atoms with E-state index in [1.165, 1.54) is 11.1 Å². The molecule has 1 aliphatic rings. The maximum Gasteiger partial charge on any atom is 0.133 e. The topological polar surface area (TPSA) is 17.1 Å². The molecule has 88 valence electrons. The normalized spacial score (nSPS) is 20.7. The number of benzene rings is 1. The highest BCUT2D eigenvalue weighted by atomic mass is 16.1. The zero-order valence-electron chi connectivity index (χ0n) is 10.1. The summed E-state index contributed by atoms with van der Waals surface area (Å²) in [5.74, 6) is 0.410. The van der Waals surface area contributed by atoms with Crippen molar-refractivity contribution in [3.63, 3.8) is 0 Å². The Morgan fingerprint density at radius 1 is 0.941 bits per heavy atom. The number of carbonyl (C=O) groups is 1. The molecule has 0 saturated heterocycles. The standard InChI is InChI=1S/C16H18O/c17-16-10-4-8-15(9-5-11-16)13-12-14-6-2-1-3-7-14/h1-3,6-8,12-13H,4-5,9-11H2/b13-12+,15-8+. The Balaban J connectivity index is 2.00. The lowest BCUT2D eigenvalue weighted by Crippen LogP contribution is -1.99. The van der Waals surface area contributed by atoms with Crippen LogP contribution >= 0.6 is 0 Å². The highest BCUT2D eigenvalue weighted by Gasteiger charge is 2.05. The van der Waals surface area contributed by atoms with Gasteiger partial charge in [0.15, 0.2) is 0 Å². The summed E-state index contributed by atoms with van der Waals surface area (Å²) in [7, 11) is 0. The minimum Gasteiger partial charge on any atom is -0.300 e. The maximum atomic E-state index is 11.3. The molecule has 1 aromatic carbocycles. The van der Waals surface area contributed by atoms with Gasteiger partial charge in [-0.15, -0.1) is 0 Å². The van der Waals surface area contributed by atoms with E-state index in [-0.39, 0.29) is 0 Å². The molecule has 0 heterocycles. The minimum atomic E-state index is 0.410. The van der Waals surface area contributed by atoms with Crippen LogP contribution in [0.1, 0.15) is 37.7 Å². The lowest BCUT2D eigenvalue weighted by Gasteiger charge is -2.07. The van der Waals surface area contributed by atoms with Crippen LogP contribution in [0, 0.1) is 0 Å². The van der Waals surface area contributed by atoms with Gasteiger partial charge in [0.25, 0.3) is 0 Å².